The van der Waals surface area contributed by atoms with Crippen molar-refractivity contribution in [2.45, 2.75) is 24.5 Å². The fourth-order valence-electron chi connectivity index (χ4n) is 2.33. The van der Waals surface area contributed by atoms with Crippen molar-refractivity contribution in [2.24, 2.45) is 0 Å². The van der Waals surface area contributed by atoms with Crippen LogP contribution in [0.1, 0.15) is 12.5 Å². The maximum absolute atomic E-state index is 5.55. The van der Waals surface area contributed by atoms with E-state index in [2.05, 4.69) is 15.6 Å². The first-order chi connectivity index (χ1) is 7.93. The van der Waals surface area contributed by atoms with E-state index in [-0.39, 0.29) is 0 Å². The van der Waals surface area contributed by atoms with E-state index in [0.29, 0.717) is 18.1 Å². The maximum Gasteiger partial charge on any atom is 0.0945 e. The van der Waals surface area contributed by atoms with Crippen LogP contribution in [-0.4, -0.2) is 51.8 Å². The van der Waals surface area contributed by atoms with Crippen LogP contribution in [0, 0.1) is 0 Å². The standard InChI is InChI=1S/C10H16N4OS/c1-4-16-7-8(1)12-9-5-15-6-10(9)14-3-2-11-13-14/h2-3,8-10,12H,1,4-7H2/t8-,9-,10+/m0/s1. The Balaban J connectivity index is 1.64. The van der Waals surface area contributed by atoms with Gasteiger partial charge >= 0.3 is 0 Å². The molecule has 0 bridgehead atoms. The van der Waals surface area contributed by atoms with E-state index in [9.17, 15) is 0 Å². The van der Waals surface area contributed by atoms with Crippen LogP contribution in [0.4, 0.5) is 0 Å². The molecule has 5 nitrogen and oxygen atoms in total. The number of rotatable bonds is 3. The van der Waals surface area contributed by atoms with Crippen molar-refractivity contribution in [3.63, 3.8) is 0 Å². The summed E-state index contributed by atoms with van der Waals surface area (Å²) in [4.78, 5) is 0. The van der Waals surface area contributed by atoms with Gasteiger partial charge in [0.1, 0.15) is 0 Å². The Morgan fingerprint density at radius 1 is 1.44 bits per heavy atom. The van der Waals surface area contributed by atoms with Crippen LogP contribution < -0.4 is 5.32 Å². The van der Waals surface area contributed by atoms with E-state index in [1.807, 2.05) is 22.6 Å². The van der Waals surface area contributed by atoms with Crippen molar-refractivity contribution in [3.8, 4) is 0 Å². The predicted molar refractivity (Wildman–Crippen MR) is 62.5 cm³/mol. The summed E-state index contributed by atoms with van der Waals surface area (Å²) in [5.41, 5.74) is 0. The zero-order valence-corrected chi connectivity index (χ0v) is 9.90. The second kappa shape index (κ2) is 4.73. The number of aromatic nitrogens is 3. The number of thioether (sulfide) groups is 1. The normalized spacial score (nSPS) is 34.6. The van der Waals surface area contributed by atoms with Gasteiger partial charge in [-0.1, -0.05) is 5.21 Å². The molecular weight excluding hydrogens is 224 g/mol. The lowest BCUT2D eigenvalue weighted by Crippen LogP contribution is -2.43. The molecule has 0 radical (unpaired) electrons. The van der Waals surface area contributed by atoms with Crippen LogP contribution in [0.3, 0.4) is 0 Å². The smallest absolute Gasteiger partial charge is 0.0945 e. The highest BCUT2D eigenvalue weighted by atomic mass is 32.2. The molecule has 3 rings (SSSR count). The zero-order chi connectivity index (χ0) is 10.8. The fraction of sp³-hybridized carbons (Fsp3) is 0.800. The van der Waals surface area contributed by atoms with E-state index in [4.69, 9.17) is 4.74 Å². The van der Waals surface area contributed by atoms with Crippen molar-refractivity contribution in [1.29, 1.82) is 0 Å². The molecule has 2 aliphatic heterocycles. The minimum Gasteiger partial charge on any atom is -0.377 e. The lowest BCUT2D eigenvalue weighted by atomic mass is 10.1. The summed E-state index contributed by atoms with van der Waals surface area (Å²) in [5.74, 6) is 2.50. The zero-order valence-electron chi connectivity index (χ0n) is 9.08. The molecule has 0 amide bonds. The average molecular weight is 240 g/mol. The summed E-state index contributed by atoms with van der Waals surface area (Å²) in [6, 6.07) is 1.32. The third-order valence-corrected chi connectivity index (χ3v) is 4.37. The minimum absolute atomic E-state index is 0.299. The van der Waals surface area contributed by atoms with Crippen molar-refractivity contribution >= 4 is 11.8 Å². The SMILES string of the molecule is c1cn([C@@H]2COC[C@@H]2N[C@H]2CCSC2)nn1. The van der Waals surface area contributed by atoms with Crippen LogP contribution in [0.5, 0.6) is 0 Å². The van der Waals surface area contributed by atoms with Gasteiger partial charge in [0, 0.05) is 18.0 Å². The Morgan fingerprint density at radius 3 is 3.19 bits per heavy atom. The predicted octanol–water partition coefficient (Wildman–Crippen LogP) is 0.313. The van der Waals surface area contributed by atoms with E-state index in [0.717, 1.165) is 13.2 Å². The summed E-state index contributed by atoms with van der Waals surface area (Å²) in [6.07, 6.45) is 4.91. The largest absolute Gasteiger partial charge is 0.377 e. The highest BCUT2D eigenvalue weighted by molar-refractivity contribution is 7.99. The van der Waals surface area contributed by atoms with Crippen LogP contribution in [0.15, 0.2) is 12.4 Å². The third-order valence-electron chi connectivity index (χ3n) is 3.21. The maximum atomic E-state index is 5.55. The van der Waals surface area contributed by atoms with Gasteiger partial charge in [-0.2, -0.15) is 11.8 Å². The Labute approximate surface area is 98.9 Å². The molecule has 0 aromatic carbocycles. The first-order valence-electron chi connectivity index (χ1n) is 5.71. The molecule has 3 heterocycles. The quantitative estimate of drug-likeness (QED) is 0.824. The lowest BCUT2D eigenvalue weighted by Gasteiger charge is -2.22. The molecule has 1 N–H and O–H groups in total. The van der Waals surface area contributed by atoms with Gasteiger partial charge in [0.2, 0.25) is 0 Å². The summed E-state index contributed by atoms with van der Waals surface area (Å²) >= 11 is 2.03. The average Bonchev–Trinajstić information content (AvgIpc) is 2.98. The molecule has 6 heteroatoms. The molecule has 2 fully saturated rings. The molecule has 1 aromatic rings. The highest BCUT2D eigenvalue weighted by Gasteiger charge is 2.32. The van der Waals surface area contributed by atoms with Crippen LogP contribution >= 0.6 is 11.8 Å². The van der Waals surface area contributed by atoms with E-state index < -0.39 is 0 Å². The molecule has 2 saturated heterocycles. The summed E-state index contributed by atoms with van der Waals surface area (Å²) in [5, 5.41) is 11.6. The topological polar surface area (TPSA) is 52.0 Å². The van der Waals surface area contributed by atoms with Crippen molar-refractivity contribution in [3.05, 3.63) is 12.4 Å². The summed E-state index contributed by atoms with van der Waals surface area (Å²) in [7, 11) is 0. The number of hydrogen-bond acceptors (Lipinski definition) is 5. The van der Waals surface area contributed by atoms with Gasteiger partial charge in [0.15, 0.2) is 0 Å². The van der Waals surface area contributed by atoms with Crippen LogP contribution in [0.2, 0.25) is 0 Å². The van der Waals surface area contributed by atoms with Gasteiger partial charge in [0.25, 0.3) is 0 Å². The molecule has 0 unspecified atom stereocenters. The van der Waals surface area contributed by atoms with Crippen LogP contribution in [0.25, 0.3) is 0 Å². The van der Waals surface area contributed by atoms with Crippen molar-refractivity contribution in [2.75, 3.05) is 24.7 Å². The molecular formula is C10H16N4OS. The molecule has 0 spiro atoms. The van der Waals surface area contributed by atoms with E-state index >= 15 is 0 Å². The fourth-order valence-corrected chi connectivity index (χ4v) is 3.49. The van der Waals surface area contributed by atoms with Gasteiger partial charge in [-0.15, -0.1) is 5.10 Å². The van der Waals surface area contributed by atoms with Gasteiger partial charge in [-0.3, -0.25) is 0 Å². The van der Waals surface area contributed by atoms with Crippen molar-refractivity contribution in [1.82, 2.24) is 20.3 Å². The van der Waals surface area contributed by atoms with Crippen LogP contribution in [-0.2, 0) is 4.74 Å². The Bertz CT molecular complexity index is 326. The van der Waals surface area contributed by atoms with Gasteiger partial charge in [-0.25, -0.2) is 4.68 Å². The summed E-state index contributed by atoms with van der Waals surface area (Å²) < 4.78 is 7.46. The second-order valence-corrected chi connectivity index (χ2v) is 5.47. The first kappa shape index (κ1) is 10.6. The third kappa shape index (κ3) is 2.09. The molecule has 3 atom stereocenters. The van der Waals surface area contributed by atoms with E-state index in [1.54, 1.807) is 6.20 Å². The molecule has 0 saturated carbocycles. The minimum atomic E-state index is 0.299. The summed E-state index contributed by atoms with van der Waals surface area (Å²) in [6.45, 7) is 1.52. The van der Waals surface area contributed by atoms with Gasteiger partial charge < -0.3 is 10.1 Å². The van der Waals surface area contributed by atoms with E-state index in [1.165, 1.54) is 17.9 Å². The first-order valence-corrected chi connectivity index (χ1v) is 6.86. The van der Waals surface area contributed by atoms with Crippen molar-refractivity contribution < 1.29 is 4.74 Å². The Morgan fingerprint density at radius 2 is 2.44 bits per heavy atom. The van der Waals surface area contributed by atoms with Gasteiger partial charge in [-0.05, 0) is 12.2 Å². The number of ether oxygens (including phenoxy) is 1. The molecule has 2 aliphatic rings. The number of hydrogen-bond donors (Lipinski definition) is 1. The highest BCUT2D eigenvalue weighted by Crippen LogP contribution is 2.23. The Kier molecular flexibility index (Phi) is 3.12. The number of nitrogens with zero attached hydrogens (tertiary/aromatic N) is 3. The lowest BCUT2D eigenvalue weighted by molar-refractivity contribution is 0.180. The molecule has 88 valence electrons. The molecule has 0 aliphatic carbocycles. The monoisotopic (exact) mass is 240 g/mol. The molecule has 1 aromatic heterocycles. The molecule has 16 heavy (non-hydrogen) atoms. The van der Waals surface area contributed by atoms with Gasteiger partial charge in [0.05, 0.1) is 31.5 Å². The second-order valence-electron chi connectivity index (χ2n) is 4.32. The number of nitrogens with one attached hydrogen (secondary N) is 1. The Hall–Kier alpha value is -0.590.